The molecule has 1 N–H and O–H groups in total. The van der Waals surface area contributed by atoms with Gasteiger partial charge in [0.25, 0.3) is 0 Å². The van der Waals surface area contributed by atoms with E-state index >= 15 is 0 Å². The molecule has 20 heavy (non-hydrogen) atoms. The minimum absolute atomic E-state index is 0.126. The third-order valence-corrected chi connectivity index (χ3v) is 4.90. The third-order valence-electron chi connectivity index (χ3n) is 3.61. The molecule has 1 aliphatic rings. The maximum atomic E-state index is 11.9. The highest BCUT2D eigenvalue weighted by atomic mass is 35.5. The van der Waals surface area contributed by atoms with Gasteiger partial charge >= 0.3 is 0 Å². The average molecular weight is 316 g/mol. The average Bonchev–Trinajstić information content (AvgIpc) is 2.79. The summed E-state index contributed by atoms with van der Waals surface area (Å²) in [6.45, 7) is 4.97. The van der Waals surface area contributed by atoms with Gasteiger partial charge < -0.3 is 10.1 Å². The number of thiophene rings is 1. The summed E-state index contributed by atoms with van der Waals surface area (Å²) in [5.74, 6) is 0.662. The van der Waals surface area contributed by atoms with Crippen LogP contribution in [-0.2, 0) is 16.0 Å². The molecule has 2 rings (SSSR count). The van der Waals surface area contributed by atoms with Crippen LogP contribution in [0.4, 0.5) is 0 Å². The maximum absolute atomic E-state index is 11.9. The van der Waals surface area contributed by atoms with E-state index in [4.69, 9.17) is 16.3 Å². The first kappa shape index (κ1) is 15.8. The Morgan fingerprint density at radius 1 is 1.40 bits per heavy atom. The smallest absolute Gasteiger partial charge is 0.220 e. The lowest BCUT2D eigenvalue weighted by Crippen LogP contribution is -2.37. The van der Waals surface area contributed by atoms with Gasteiger partial charge in [-0.2, -0.15) is 0 Å². The summed E-state index contributed by atoms with van der Waals surface area (Å²) >= 11 is 7.42. The molecule has 0 saturated carbocycles. The van der Waals surface area contributed by atoms with Crippen LogP contribution in [0.5, 0.6) is 0 Å². The summed E-state index contributed by atoms with van der Waals surface area (Å²) in [5, 5.41) is 3.05. The second kappa shape index (κ2) is 7.43. The van der Waals surface area contributed by atoms with Crippen molar-refractivity contribution in [3.63, 3.8) is 0 Å². The summed E-state index contributed by atoms with van der Waals surface area (Å²) in [6, 6.07) is 3.87. The highest BCUT2D eigenvalue weighted by Gasteiger charge is 2.24. The molecule has 0 spiro atoms. The fourth-order valence-corrected chi connectivity index (χ4v) is 3.87. The van der Waals surface area contributed by atoms with Crippen LogP contribution in [-0.4, -0.2) is 24.7 Å². The lowest BCUT2D eigenvalue weighted by atomic mass is 9.92. The normalized spacial score (nSPS) is 26.4. The van der Waals surface area contributed by atoms with Crippen molar-refractivity contribution in [1.82, 2.24) is 5.32 Å². The summed E-state index contributed by atoms with van der Waals surface area (Å²) in [4.78, 5) is 13.0. The Labute approximate surface area is 129 Å². The van der Waals surface area contributed by atoms with Crippen LogP contribution in [0.2, 0.25) is 4.34 Å². The van der Waals surface area contributed by atoms with Gasteiger partial charge in [-0.05, 0) is 51.2 Å². The maximum Gasteiger partial charge on any atom is 0.220 e. The monoisotopic (exact) mass is 315 g/mol. The molecule has 1 saturated heterocycles. The zero-order chi connectivity index (χ0) is 14.5. The van der Waals surface area contributed by atoms with Gasteiger partial charge in [-0.25, -0.2) is 0 Å². The lowest BCUT2D eigenvalue weighted by Gasteiger charge is -2.32. The molecular weight excluding hydrogens is 294 g/mol. The van der Waals surface area contributed by atoms with E-state index in [1.807, 2.05) is 12.1 Å². The van der Waals surface area contributed by atoms with E-state index in [9.17, 15) is 4.79 Å². The molecule has 0 aliphatic carbocycles. The van der Waals surface area contributed by atoms with Crippen LogP contribution >= 0.6 is 22.9 Å². The first-order valence-corrected chi connectivity index (χ1v) is 8.38. The minimum atomic E-state index is 0.126. The number of aryl methyl sites for hydroxylation is 1. The fourth-order valence-electron chi connectivity index (χ4n) is 2.78. The van der Waals surface area contributed by atoms with Gasteiger partial charge in [-0.1, -0.05) is 11.6 Å². The van der Waals surface area contributed by atoms with Gasteiger partial charge in [0, 0.05) is 17.8 Å². The number of rotatable bonds is 5. The number of carbonyl (C=O) groups excluding carboxylic acids is 1. The van der Waals surface area contributed by atoms with Crippen molar-refractivity contribution in [1.29, 1.82) is 0 Å². The molecule has 0 bridgehead atoms. The van der Waals surface area contributed by atoms with Gasteiger partial charge in [0.1, 0.15) is 0 Å². The molecule has 1 aliphatic heterocycles. The highest BCUT2D eigenvalue weighted by Crippen LogP contribution is 2.24. The Hall–Kier alpha value is -0.580. The topological polar surface area (TPSA) is 38.3 Å². The number of nitrogens with one attached hydrogen (secondary N) is 1. The van der Waals surface area contributed by atoms with Crippen LogP contribution in [0.1, 0.15) is 38.0 Å². The summed E-state index contributed by atoms with van der Waals surface area (Å²) < 4.78 is 6.49. The molecule has 0 aromatic carbocycles. The highest BCUT2D eigenvalue weighted by molar-refractivity contribution is 7.16. The SMILES string of the molecule is C[C@H]1CC(CNC(=O)CCc2ccc(Cl)s2)C[C@H](C)O1. The fraction of sp³-hybridized carbons (Fsp3) is 0.667. The zero-order valence-electron chi connectivity index (χ0n) is 12.0. The van der Waals surface area contributed by atoms with Gasteiger partial charge in [0.2, 0.25) is 5.91 Å². The molecule has 2 atom stereocenters. The number of carbonyl (C=O) groups is 1. The van der Waals surface area contributed by atoms with Crippen molar-refractivity contribution in [3.8, 4) is 0 Å². The number of hydrogen-bond donors (Lipinski definition) is 1. The Morgan fingerprint density at radius 2 is 2.10 bits per heavy atom. The predicted molar refractivity (Wildman–Crippen MR) is 83.4 cm³/mol. The van der Waals surface area contributed by atoms with Crippen LogP contribution < -0.4 is 5.32 Å². The van der Waals surface area contributed by atoms with Gasteiger partial charge in [0.05, 0.1) is 16.5 Å². The molecule has 0 radical (unpaired) electrons. The summed E-state index contributed by atoms with van der Waals surface area (Å²) in [7, 11) is 0. The predicted octanol–water partition coefficient (Wildman–Crippen LogP) is 3.65. The quantitative estimate of drug-likeness (QED) is 0.900. The first-order chi connectivity index (χ1) is 9.52. The molecule has 1 aromatic heterocycles. The molecule has 1 fully saturated rings. The van der Waals surface area contributed by atoms with Crippen LogP contribution in [0.3, 0.4) is 0 Å². The standard InChI is InChI=1S/C15H22ClNO2S/c1-10-7-12(8-11(2)19-10)9-17-15(18)6-4-13-3-5-14(16)20-13/h3,5,10-12H,4,6-9H2,1-2H3,(H,17,18)/t10-,11-/m0/s1. The zero-order valence-corrected chi connectivity index (χ0v) is 13.6. The van der Waals surface area contributed by atoms with Crippen LogP contribution in [0.15, 0.2) is 12.1 Å². The Kier molecular flexibility index (Phi) is 5.87. The molecule has 5 heteroatoms. The largest absolute Gasteiger partial charge is 0.376 e. The third kappa shape index (κ3) is 5.08. The summed E-state index contributed by atoms with van der Waals surface area (Å²) in [5.41, 5.74) is 0. The first-order valence-electron chi connectivity index (χ1n) is 7.19. The van der Waals surface area contributed by atoms with Gasteiger partial charge in [-0.15, -0.1) is 11.3 Å². The van der Waals surface area contributed by atoms with E-state index in [0.29, 0.717) is 24.5 Å². The second-order valence-corrected chi connectivity index (χ2v) is 7.40. The van der Waals surface area contributed by atoms with E-state index in [0.717, 1.165) is 30.1 Å². The van der Waals surface area contributed by atoms with Crippen molar-refractivity contribution in [3.05, 3.63) is 21.3 Å². The van der Waals surface area contributed by atoms with Crippen LogP contribution in [0, 0.1) is 5.92 Å². The van der Waals surface area contributed by atoms with Crippen molar-refractivity contribution >= 4 is 28.8 Å². The summed E-state index contributed by atoms with van der Waals surface area (Å²) in [6.07, 6.45) is 3.97. The van der Waals surface area contributed by atoms with Crippen LogP contribution in [0.25, 0.3) is 0 Å². The van der Waals surface area contributed by atoms with E-state index in [1.165, 1.54) is 4.88 Å². The number of ether oxygens (including phenoxy) is 1. The van der Waals surface area contributed by atoms with Crippen molar-refractivity contribution < 1.29 is 9.53 Å². The van der Waals surface area contributed by atoms with E-state index < -0.39 is 0 Å². The molecular formula is C15H22ClNO2S. The van der Waals surface area contributed by atoms with E-state index in [1.54, 1.807) is 11.3 Å². The van der Waals surface area contributed by atoms with Crippen molar-refractivity contribution in [2.75, 3.05) is 6.54 Å². The lowest BCUT2D eigenvalue weighted by molar-refractivity contribution is -0.121. The number of hydrogen-bond acceptors (Lipinski definition) is 3. The minimum Gasteiger partial charge on any atom is -0.376 e. The van der Waals surface area contributed by atoms with Gasteiger partial charge in [0.15, 0.2) is 0 Å². The molecule has 112 valence electrons. The molecule has 3 nitrogen and oxygen atoms in total. The molecule has 1 aromatic rings. The van der Waals surface area contributed by atoms with Crippen molar-refractivity contribution in [2.24, 2.45) is 5.92 Å². The van der Waals surface area contributed by atoms with Crippen molar-refractivity contribution in [2.45, 2.75) is 51.7 Å². The van der Waals surface area contributed by atoms with E-state index in [-0.39, 0.29) is 5.91 Å². The van der Waals surface area contributed by atoms with E-state index in [2.05, 4.69) is 19.2 Å². The Morgan fingerprint density at radius 3 is 2.70 bits per heavy atom. The Bertz CT molecular complexity index is 439. The molecule has 2 heterocycles. The number of halogens is 1. The number of amides is 1. The molecule has 0 unspecified atom stereocenters. The Balaban J connectivity index is 1.67. The molecule has 1 amide bonds. The second-order valence-electron chi connectivity index (χ2n) is 5.60. The van der Waals surface area contributed by atoms with Gasteiger partial charge in [-0.3, -0.25) is 4.79 Å².